The van der Waals surface area contributed by atoms with Gasteiger partial charge in [-0.15, -0.1) is 0 Å². The van der Waals surface area contributed by atoms with E-state index in [0.29, 0.717) is 18.9 Å². The molecule has 0 radical (unpaired) electrons. The molecule has 0 aromatic carbocycles. The molecule has 1 aliphatic heterocycles. The van der Waals surface area contributed by atoms with Crippen molar-refractivity contribution in [2.45, 2.75) is 58.9 Å². The SMILES string of the molecule is CCOC(=O)CC(C)(C(C)C)N1CCCCC1. The summed E-state index contributed by atoms with van der Waals surface area (Å²) in [6.45, 7) is 11.2. The Labute approximate surface area is 106 Å². The minimum atomic E-state index is -0.0609. The first-order chi connectivity index (χ1) is 8.00. The Bertz CT molecular complexity index is 247. The Balaban J connectivity index is 2.69. The number of likely N-dealkylation sites (tertiary alicyclic amines) is 1. The minimum absolute atomic E-state index is 0.0489. The normalized spacial score (nSPS) is 21.2. The van der Waals surface area contributed by atoms with E-state index in [1.165, 1.54) is 19.3 Å². The number of carbonyl (C=O) groups is 1. The Morgan fingerprint density at radius 1 is 1.29 bits per heavy atom. The summed E-state index contributed by atoms with van der Waals surface area (Å²) in [4.78, 5) is 14.2. The molecule has 1 unspecified atom stereocenters. The van der Waals surface area contributed by atoms with Crippen molar-refractivity contribution in [2.75, 3.05) is 19.7 Å². The van der Waals surface area contributed by atoms with Gasteiger partial charge in [-0.3, -0.25) is 9.69 Å². The Kier molecular flexibility index (Phi) is 5.44. The highest BCUT2D eigenvalue weighted by Crippen LogP contribution is 2.31. The van der Waals surface area contributed by atoms with Crippen LogP contribution in [-0.2, 0) is 9.53 Å². The van der Waals surface area contributed by atoms with E-state index in [-0.39, 0.29) is 11.5 Å². The van der Waals surface area contributed by atoms with Crippen LogP contribution in [0, 0.1) is 5.92 Å². The van der Waals surface area contributed by atoms with Gasteiger partial charge in [-0.2, -0.15) is 0 Å². The molecular formula is C14H27NO2. The molecular weight excluding hydrogens is 214 g/mol. The van der Waals surface area contributed by atoms with Gasteiger partial charge in [0.25, 0.3) is 0 Å². The second-order valence-electron chi connectivity index (χ2n) is 5.54. The zero-order valence-electron chi connectivity index (χ0n) is 11.8. The van der Waals surface area contributed by atoms with Gasteiger partial charge in [-0.1, -0.05) is 20.3 Å². The van der Waals surface area contributed by atoms with Gasteiger partial charge < -0.3 is 4.74 Å². The van der Waals surface area contributed by atoms with E-state index in [1.54, 1.807) is 0 Å². The number of hydrogen-bond donors (Lipinski definition) is 0. The number of carbonyl (C=O) groups excluding carboxylic acids is 1. The summed E-state index contributed by atoms with van der Waals surface area (Å²) in [7, 11) is 0. The molecule has 3 nitrogen and oxygen atoms in total. The maximum atomic E-state index is 11.8. The van der Waals surface area contributed by atoms with Gasteiger partial charge in [0.1, 0.15) is 0 Å². The molecule has 1 aliphatic rings. The maximum Gasteiger partial charge on any atom is 0.307 e. The average Bonchev–Trinajstić information content (AvgIpc) is 2.30. The number of piperidine rings is 1. The number of nitrogens with zero attached hydrogens (tertiary/aromatic N) is 1. The van der Waals surface area contributed by atoms with Crippen LogP contribution in [-0.4, -0.2) is 36.1 Å². The van der Waals surface area contributed by atoms with E-state index in [2.05, 4.69) is 25.7 Å². The van der Waals surface area contributed by atoms with E-state index in [1.807, 2.05) is 6.92 Å². The van der Waals surface area contributed by atoms with Crippen molar-refractivity contribution in [3.05, 3.63) is 0 Å². The van der Waals surface area contributed by atoms with Crippen molar-refractivity contribution in [3.8, 4) is 0 Å². The summed E-state index contributed by atoms with van der Waals surface area (Å²) in [6, 6.07) is 0. The zero-order valence-corrected chi connectivity index (χ0v) is 11.8. The van der Waals surface area contributed by atoms with Crippen molar-refractivity contribution in [1.29, 1.82) is 0 Å². The van der Waals surface area contributed by atoms with E-state index >= 15 is 0 Å². The third-order valence-electron chi connectivity index (χ3n) is 4.13. The number of rotatable bonds is 5. The van der Waals surface area contributed by atoms with Crippen molar-refractivity contribution < 1.29 is 9.53 Å². The van der Waals surface area contributed by atoms with Gasteiger partial charge in [-0.25, -0.2) is 0 Å². The van der Waals surface area contributed by atoms with Crippen molar-refractivity contribution >= 4 is 5.97 Å². The molecule has 0 spiro atoms. The molecule has 0 amide bonds. The largest absolute Gasteiger partial charge is 0.466 e. The average molecular weight is 241 g/mol. The van der Waals surface area contributed by atoms with Gasteiger partial charge in [0.2, 0.25) is 0 Å². The van der Waals surface area contributed by atoms with Gasteiger partial charge >= 0.3 is 5.97 Å². The molecule has 0 bridgehead atoms. The highest BCUT2D eigenvalue weighted by atomic mass is 16.5. The van der Waals surface area contributed by atoms with Crippen molar-refractivity contribution in [2.24, 2.45) is 5.92 Å². The highest BCUT2D eigenvalue weighted by Gasteiger charge is 2.38. The third kappa shape index (κ3) is 3.70. The molecule has 1 fully saturated rings. The van der Waals surface area contributed by atoms with E-state index in [9.17, 15) is 4.79 Å². The van der Waals surface area contributed by atoms with Gasteiger partial charge in [-0.05, 0) is 45.7 Å². The fourth-order valence-corrected chi connectivity index (χ4v) is 2.59. The van der Waals surface area contributed by atoms with Crippen LogP contribution in [0.5, 0.6) is 0 Å². The minimum Gasteiger partial charge on any atom is -0.466 e. The van der Waals surface area contributed by atoms with E-state index < -0.39 is 0 Å². The lowest BCUT2D eigenvalue weighted by Gasteiger charge is -2.45. The third-order valence-corrected chi connectivity index (χ3v) is 4.13. The van der Waals surface area contributed by atoms with Crippen LogP contribution in [0.25, 0.3) is 0 Å². The number of hydrogen-bond acceptors (Lipinski definition) is 3. The molecule has 0 saturated carbocycles. The molecule has 1 rings (SSSR count). The van der Waals surface area contributed by atoms with Crippen LogP contribution in [0.3, 0.4) is 0 Å². The van der Waals surface area contributed by atoms with Crippen LogP contribution >= 0.6 is 0 Å². The number of esters is 1. The first-order valence-electron chi connectivity index (χ1n) is 6.91. The molecule has 0 aromatic heterocycles. The van der Waals surface area contributed by atoms with Crippen LogP contribution in [0.1, 0.15) is 53.4 Å². The summed E-state index contributed by atoms with van der Waals surface area (Å²) in [5.74, 6) is 0.402. The van der Waals surface area contributed by atoms with Gasteiger partial charge in [0.15, 0.2) is 0 Å². The summed E-state index contributed by atoms with van der Waals surface area (Å²) in [6.07, 6.45) is 4.35. The second-order valence-corrected chi connectivity index (χ2v) is 5.54. The molecule has 3 heteroatoms. The molecule has 1 saturated heterocycles. The first-order valence-corrected chi connectivity index (χ1v) is 6.91. The molecule has 100 valence electrons. The fraction of sp³-hybridized carbons (Fsp3) is 0.929. The molecule has 1 atom stereocenters. The number of ether oxygens (including phenoxy) is 1. The summed E-state index contributed by atoms with van der Waals surface area (Å²) < 4.78 is 5.11. The molecule has 1 heterocycles. The Morgan fingerprint density at radius 2 is 1.88 bits per heavy atom. The van der Waals surface area contributed by atoms with Crippen LogP contribution in [0.15, 0.2) is 0 Å². The monoisotopic (exact) mass is 241 g/mol. The maximum absolute atomic E-state index is 11.8. The quantitative estimate of drug-likeness (QED) is 0.693. The molecule has 0 N–H and O–H groups in total. The first kappa shape index (κ1) is 14.5. The topological polar surface area (TPSA) is 29.5 Å². The van der Waals surface area contributed by atoms with E-state index in [0.717, 1.165) is 13.1 Å². The van der Waals surface area contributed by atoms with Gasteiger partial charge in [0, 0.05) is 5.54 Å². The smallest absolute Gasteiger partial charge is 0.307 e. The van der Waals surface area contributed by atoms with Crippen molar-refractivity contribution in [1.82, 2.24) is 4.90 Å². The summed E-state index contributed by atoms with van der Waals surface area (Å²) >= 11 is 0. The lowest BCUT2D eigenvalue weighted by molar-refractivity contribution is -0.147. The predicted molar refractivity (Wildman–Crippen MR) is 69.9 cm³/mol. The molecule has 0 aliphatic carbocycles. The lowest BCUT2D eigenvalue weighted by atomic mass is 9.82. The zero-order chi connectivity index (χ0) is 12.9. The summed E-state index contributed by atoms with van der Waals surface area (Å²) in [5, 5.41) is 0. The molecule has 0 aromatic rings. The Hall–Kier alpha value is -0.570. The molecule has 17 heavy (non-hydrogen) atoms. The Morgan fingerprint density at radius 3 is 2.35 bits per heavy atom. The fourth-order valence-electron chi connectivity index (χ4n) is 2.59. The summed E-state index contributed by atoms with van der Waals surface area (Å²) in [5.41, 5.74) is -0.0489. The standard InChI is InChI=1S/C14H27NO2/c1-5-17-13(16)11-14(4,12(2)3)15-9-7-6-8-10-15/h12H,5-11H2,1-4H3. The van der Waals surface area contributed by atoms with E-state index in [4.69, 9.17) is 4.74 Å². The highest BCUT2D eigenvalue weighted by molar-refractivity contribution is 5.70. The predicted octanol–water partition coefficient (Wildman–Crippen LogP) is 2.84. The van der Waals surface area contributed by atoms with Crippen LogP contribution in [0.2, 0.25) is 0 Å². The van der Waals surface area contributed by atoms with Crippen LogP contribution in [0.4, 0.5) is 0 Å². The van der Waals surface area contributed by atoms with Gasteiger partial charge in [0.05, 0.1) is 13.0 Å². The lowest BCUT2D eigenvalue weighted by Crippen LogP contribution is -2.53. The second kappa shape index (κ2) is 6.39. The van der Waals surface area contributed by atoms with Crippen LogP contribution < -0.4 is 0 Å². The van der Waals surface area contributed by atoms with Crippen molar-refractivity contribution in [3.63, 3.8) is 0 Å².